The highest BCUT2D eigenvalue weighted by molar-refractivity contribution is 5.75. The first-order chi connectivity index (χ1) is 10.8. The number of esters is 1. The fourth-order valence-electron chi connectivity index (χ4n) is 2.59. The molecule has 0 radical (unpaired) electrons. The maximum Gasteiger partial charge on any atom is 0.323 e. The van der Waals surface area contributed by atoms with Crippen LogP contribution in [-0.2, 0) is 9.53 Å². The number of aromatic nitrogens is 1. The Kier molecular flexibility index (Phi) is 5.22. The van der Waals surface area contributed by atoms with E-state index >= 15 is 0 Å². The van der Waals surface area contributed by atoms with E-state index in [0.29, 0.717) is 5.56 Å². The number of ether oxygens (including phenoxy) is 1. The first-order valence-corrected chi connectivity index (χ1v) is 7.89. The van der Waals surface area contributed by atoms with Gasteiger partial charge in [0.2, 0.25) is 0 Å². The first kappa shape index (κ1) is 17.2. The number of nitriles is 1. The molecule has 6 nitrogen and oxygen atoms in total. The Labute approximate surface area is 137 Å². The molecule has 124 valence electrons. The number of nitrogens with zero attached hydrogens (tertiary/aromatic N) is 4. The molecule has 23 heavy (non-hydrogen) atoms. The highest BCUT2D eigenvalue weighted by Crippen LogP contribution is 2.19. The van der Waals surface area contributed by atoms with Gasteiger partial charge in [-0.3, -0.25) is 9.69 Å². The molecule has 0 spiro atoms. The van der Waals surface area contributed by atoms with Gasteiger partial charge in [0, 0.05) is 32.4 Å². The van der Waals surface area contributed by atoms with E-state index in [1.54, 1.807) is 18.3 Å². The SMILES string of the molecule is C[C@H](C(=O)OC(C)(C)C)N1CCN(c2ncccc2C#N)CC1. The van der Waals surface area contributed by atoms with Crippen LogP contribution >= 0.6 is 0 Å². The Hall–Kier alpha value is -2.13. The van der Waals surface area contributed by atoms with Crippen molar-refractivity contribution < 1.29 is 9.53 Å². The highest BCUT2D eigenvalue weighted by Gasteiger charge is 2.29. The van der Waals surface area contributed by atoms with Crippen LogP contribution in [0.3, 0.4) is 0 Å². The van der Waals surface area contributed by atoms with E-state index in [9.17, 15) is 10.1 Å². The van der Waals surface area contributed by atoms with Gasteiger partial charge in [-0.2, -0.15) is 5.26 Å². The fourth-order valence-corrected chi connectivity index (χ4v) is 2.59. The summed E-state index contributed by atoms with van der Waals surface area (Å²) in [6, 6.07) is 5.45. The van der Waals surface area contributed by atoms with Gasteiger partial charge < -0.3 is 9.64 Å². The Morgan fingerprint density at radius 3 is 2.57 bits per heavy atom. The second-order valence-corrected chi connectivity index (χ2v) is 6.72. The largest absolute Gasteiger partial charge is 0.459 e. The van der Waals surface area contributed by atoms with Gasteiger partial charge >= 0.3 is 5.97 Å². The minimum absolute atomic E-state index is 0.193. The molecular formula is C17H24N4O2. The fraction of sp³-hybridized carbons (Fsp3) is 0.588. The third-order valence-electron chi connectivity index (χ3n) is 3.82. The maximum absolute atomic E-state index is 12.2. The van der Waals surface area contributed by atoms with Crippen LogP contribution in [0.4, 0.5) is 5.82 Å². The van der Waals surface area contributed by atoms with Crippen LogP contribution in [0.15, 0.2) is 18.3 Å². The van der Waals surface area contributed by atoms with E-state index in [1.165, 1.54) is 0 Å². The zero-order valence-electron chi connectivity index (χ0n) is 14.2. The standard InChI is InChI=1S/C17H24N4O2/c1-13(16(22)23-17(2,3)4)20-8-10-21(11-9-20)15-14(12-18)6-5-7-19-15/h5-7,13H,8-11H2,1-4H3/t13-/m1/s1. The topological polar surface area (TPSA) is 69.5 Å². The van der Waals surface area contributed by atoms with Crippen molar-refractivity contribution in [2.75, 3.05) is 31.1 Å². The second-order valence-electron chi connectivity index (χ2n) is 6.72. The summed E-state index contributed by atoms with van der Waals surface area (Å²) in [4.78, 5) is 20.7. The highest BCUT2D eigenvalue weighted by atomic mass is 16.6. The smallest absolute Gasteiger partial charge is 0.323 e. The molecule has 0 unspecified atom stereocenters. The van der Waals surface area contributed by atoms with E-state index in [1.807, 2.05) is 27.7 Å². The number of pyridine rings is 1. The number of rotatable bonds is 3. The van der Waals surface area contributed by atoms with Crippen LogP contribution in [0.2, 0.25) is 0 Å². The molecule has 1 fully saturated rings. The summed E-state index contributed by atoms with van der Waals surface area (Å²) in [5, 5.41) is 9.18. The molecule has 0 N–H and O–H groups in total. The Balaban J connectivity index is 1.96. The summed E-state index contributed by atoms with van der Waals surface area (Å²) < 4.78 is 5.45. The van der Waals surface area contributed by atoms with Gasteiger partial charge in [0.15, 0.2) is 0 Å². The van der Waals surface area contributed by atoms with Gasteiger partial charge in [0.25, 0.3) is 0 Å². The predicted molar refractivity (Wildman–Crippen MR) is 88.0 cm³/mol. The van der Waals surface area contributed by atoms with Gasteiger partial charge in [0.05, 0.1) is 5.56 Å². The van der Waals surface area contributed by atoms with Crippen molar-refractivity contribution in [3.63, 3.8) is 0 Å². The molecular weight excluding hydrogens is 292 g/mol. The average molecular weight is 316 g/mol. The van der Waals surface area contributed by atoms with Gasteiger partial charge in [-0.15, -0.1) is 0 Å². The molecule has 1 aromatic heterocycles. The van der Waals surface area contributed by atoms with E-state index in [-0.39, 0.29) is 12.0 Å². The van der Waals surface area contributed by atoms with Crippen LogP contribution in [0, 0.1) is 11.3 Å². The van der Waals surface area contributed by atoms with Gasteiger partial charge in [-0.1, -0.05) is 0 Å². The third-order valence-corrected chi connectivity index (χ3v) is 3.82. The molecule has 2 heterocycles. The van der Waals surface area contributed by atoms with E-state index in [0.717, 1.165) is 32.0 Å². The van der Waals surface area contributed by atoms with Crippen molar-refractivity contribution in [2.45, 2.75) is 39.3 Å². The molecule has 1 aliphatic rings. The quantitative estimate of drug-likeness (QED) is 0.792. The van der Waals surface area contributed by atoms with Crippen molar-refractivity contribution in [3.05, 3.63) is 23.9 Å². The lowest BCUT2D eigenvalue weighted by Gasteiger charge is -2.38. The zero-order chi connectivity index (χ0) is 17.0. The van der Waals surface area contributed by atoms with Gasteiger partial charge in [-0.05, 0) is 39.8 Å². The summed E-state index contributed by atoms with van der Waals surface area (Å²) in [5.74, 6) is 0.529. The summed E-state index contributed by atoms with van der Waals surface area (Å²) in [7, 11) is 0. The summed E-state index contributed by atoms with van der Waals surface area (Å²) in [6.07, 6.45) is 1.70. The molecule has 1 aliphatic heterocycles. The molecule has 0 amide bonds. The summed E-state index contributed by atoms with van der Waals surface area (Å²) in [6.45, 7) is 10.5. The zero-order valence-corrected chi connectivity index (χ0v) is 14.2. The second kappa shape index (κ2) is 6.97. The lowest BCUT2D eigenvalue weighted by Crippen LogP contribution is -2.53. The van der Waals surface area contributed by atoms with Crippen molar-refractivity contribution in [3.8, 4) is 6.07 Å². The van der Waals surface area contributed by atoms with Crippen molar-refractivity contribution in [1.29, 1.82) is 5.26 Å². The van der Waals surface area contributed by atoms with Crippen molar-refractivity contribution >= 4 is 11.8 Å². The average Bonchev–Trinajstić information content (AvgIpc) is 2.52. The predicted octanol–water partition coefficient (Wildman–Crippen LogP) is 1.81. The van der Waals surface area contributed by atoms with Crippen LogP contribution < -0.4 is 4.90 Å². The number of hydrogen-bond acceptors (Lipinski definition) is 6. The Morgan fingerprint density at radius 2 is 2.00 bits per heavy atom. The normalized spacial score (nSPS) is 17.4. The van der Waals surface area contributed by atoms with Crippen LogP contribution in [0.1, 0.15) is 33.3 Å². The lowest BCUT2D eigenvalue weighted by molar-refractivity contribution is -0.160. The molecule has 0 aromatic carbocycles. The number of carbonyl (C=O) groups is 1. The van der Waals surface area contributed by atoms with Gasteiger partial charge in [-0.25, -0.2) is 4.98 Å². The first-order valence-electron chi connectivity index (χ1n) is 7.89. The Bertz CT molecular complexity index is 595. The minimum Gasteiger partial charge on any atom is -0.459 e. The molecule has 0 saturated carbocycles. The molecule has 0 bridgehead atoms. The third kappa shape index (κ3) is 4.42. The van der Waals surface area contributed by atoms with Crippen LogP contribution in [0.25, 0.3) is 0 Å². The monoisotopic (exact) mass is 316 g/mol. The van der Waals surface area contributed by atoms with Crippen molar-refractivity contribution in [2.24, 2.45) is 0 Å². The van der Waals surface area contributed by atoms with E-state index in [4.69, 9.17) is 4.74 Å². The van der Waals surface area contributed by atoms with Crippen molar-refractivity contribution in [1.82, 2.24) is 9.88 Å². The van der Waals surface area contributed by atoms with Gasteiger partial charge in [0.1, 0.15) is 23.5 Å². The number of carbonyl (C=O) groups excluding carboxylic acids is 1. The number of hydrogen-bond donors (Lipinski definition) is 0. The molecule has 6 heteroatoms. The molecule has 1 atom stereocenters. The molecule has 2 rings (SSSR count). The van der Waals surface area contributed by atoms with E-state index in [2.05, 4.69) is 20.9 Å². The molecule has 0 aliphatic carbocycles. The number of piperazine rings is 1. The Morgan fingerprint density at radius 1 is 1.35 bits per heavy atom. The summed E-state index contributed by atoms with van der Waals surface area (Å²) >= 11 is 0. The minimum atomic E-state index is -0.469. The molecule has 1 aromatic rings. The van der Waals surface area contributed by atoms with Crippen LogP contribution in [0.5, 0.6) is 0 Å². The summed E-state index contributed by atoms with van der Waals surface area (Å²) in [5.41, 5.74) is 0.115. The van der Waals surface area contributed by atoms with E-state index < -0.39 is 5.60 Å². The molecule has 1 saturated heterocycles. The maximum atomic E-state index is 12.2. The number of anilines is 1. The van der Waals surface area contributed by atoms with Crippen LogP contribution in [-0.4, -0.2) is 53.7 Å². The lowest BCUT2D eigenvalue weighted by atomic mass is 10.1.